The molecule has 3 aromatic heterocycles. The van der Waals surface area contributed by atoms with Gasteiger partial charge in [-0.15, -0.1) is 0 Å². The van der Waals surface area contributed by atoms with Crippen molar-refractivity contribution in [3.05, 3.63) is 40.8 Å². The van der Waals surface area contributed by atoms with Crippen molar-refractivity contribution in [3.63, 3.8) is 0 Å². The lowest BCUT2D eigenvalue weighted by molar-refractivity contribution is 0.0357. The molecule has 13 nitrogen and oxygen atoms in total. The third-order valence-electron chi connectivity index (χ3n) is 6.01. The van der Waals surface area contributed by atoms with Crippen molar-refractivity contribution in [2.75, 3.05) is 51.9 Å². The predicted molar refractivity (Wildman–Crippen MR) is 131 cm³/mol. The number of morpholine rings is 1. The maximum absolute atomic E-state index is 13.1. The summed E-state index contributed by atoms with van der Waals surface area (Å²) in [6.45, 7) is 4.72. The van der Waals surface area contributed by atoms with Gasteiger partial charge in [-0.05, 0) is 18.6 Å². The van der Waals surface area contributed by atoms with E-state index in [1.54, 1.807) is 12.1 Å². The van der Waals surface area contributed by atoms with Crippen molar-refractivity contribution >= 4 is 33.9 Å². The van der Waals surface area contributed by atoms with Gasteiger partial charge >= 0.3 is 0 Å². The van der Waals surface area contributed by atoms with Gasteiger partial charge in [0.2, 0.25) is 5.95 Å². The van der Waals surface area contributed by atoms with E-state index in [0.717, 1.165) is 39.3 Å². The molecule has 36 heavy (non-hydrogen) atoms. The summed E-state index contributed by atoms with van der Waals surface area (Å²) in [5.74, 6) is 0.247. The zero-order valence-electron chi connectivity index (χ0n) is 20.0. The summed E-state index contributed by atoms with van der Waals surface area (Å²) >= 11 is 0. The van der Waals surface area contributed by atoms with Crippen molar-refractivity contribution in [3.8, 4) is 11.5 Å². The van der Waals surface area contributed by atoms with Gasteiger partial charge in [0.15, 0.2) is 22.8 Å². The van der Waals surface area contributed by atoms with Gasteiger partial charge in [-0.1, -0.05) is 0 Å². The van der Waals surface area contributed by atoms with Crippen LogP contribution in [-0.2, 0) is 11.8 Å². The van der Waals surface area contributed by atoms with Crippen molar-refractivity contribution in [2.45, 2.75) is 6.42 Å². The third kappa shape index (κ3) is 4.57. The smallest absolute Gasteiger partial charge is 0.279 e. The quantitative estimate of drug-likeness (QED) is 0.339. The van der Waals surface area contributed by atoms with Crippen molar-refractivity contribution in [1.82, 2.24) is 34.4 Å². The van der Waals surface area contributed by atoms with E-state index >= 15 is 0 Å². The Morgan fingerprint density at radius 1 is 1.19 bits per heavy atom. The molecule has 188 valence electrons. The van der Waals surface area contributed by atoms with Crippen LogP contribution >= 0.6 is 0 Å². The normalized spacial score (nSPS) is 14.3. The average molecular weight is 495 g/mol. The molecule has 1 aliphatic heterocycles. The topological polar surface area (TPSA) is 149 Å². The molecule has 1 amide bonds. The van der Waals surface area contributed by atoms with Crippen molar-refractivity contribution in [1.29, 1.82) is 0 Å². The molecule has 4 heterocycles. The van der Waals surface area contributed by atoms with Crippen LogP contribution < -0.4 is 20.3 Å². The number of hydrogen-bond acceptors (Lipinski definition) is 10. The maximum Gasteiger partial charge on any atom is 0.279 e. The predicted octanol–water partition coefficient (Wildman–Crippen LogP) is 0.962. The van der Waals surface area contributed by atoms with Gasteiger partial charge in [0.25, 0.3) is 11.5 Å². The first-order valence-corrected chi connectivity index (χ1v) is 11.5. The highest BCUT2D eigenvalue weighted by molar-refractivity contribution is 6.09. The fourth-order valence-electron chi connectivity index (χ4n) is 4.10. The van der Waals surface area contributed by atoms with Crippen LogP contribution in [0.1, 0.15) is 16.9 Å². The summed E-state index contributed by atoms with van der Waals surface area (Å²) in [4.78, 5) is 47.9. The minimum Gasteiger partial charge on any atom is -0.491 e. The molecule has 0 atom stereocenters. The summed E-state index contributed by atoms with van der Waals surface area (Å²) in [7, 11) is 3.01. The number of carbonyl (C=O) groups excluding carboxylic acids is 1. The van der Waals surface area contributed by atoms with Crippen LogP contribution in [0.25, 0.3) is 22.1 Å². The Kier molecular flexibility index (Phi) is 6.73. The van der Waals surface area contributed by atoms with Gasteiger partial charge in [-0.2, -0.15) is 0 Å². The number of nitrogens with zero attached hydrogens (tertiary/aromatic N) is 6. The Morgan fingerprint density at radius 3 is 2.83 bits per heavy atom. The van der Waals surface area contributed by atoms with Crippen LogP contribution in [0.2, 0.25) is 0 Å². The zero-order valence-corrected chi connectivity index (χ0v) is 20.0. The molecule has 0 spiro atoms. The first kappa shape index (κ1) is 23.6. The van der Waals surface area contributed by atoms with Gasteiger partial charge in [0.1, 0.15) is 17.4 Å². The number of aromatic nitrogens is 6. The van der Waals surface area contributed by atoms with E-state index < -0.39 is 5.91 Å². The van der Waals surface area contributed by atoms with E-state index in [9.17, 15) is 9.59 Å². The number of imidazole rings is 1. The van der Waals surface area contributed by atoms with Gasteiger partial charge in [-0.3, -0.25) is 24.4 Å². The molecule has 0 radical (unpaired) electrons. The van der Waals surface area contributed by atoms with Crippen LogP contribution in [0.5, 0.6) is 11.5 Å². The molecule has 0 aliphatic carbocycles. The van der Waals surface area contributed by atoms with Crippen LogP contribution in [0.4, 0.5) is 5.95 Å². The maximum atomic E-state index is 13.1. The minimum absolute atomic E-state index is 0.0302. The van der Waals surface area contributed by atoms with Gasteiger partial charge in [0, 0.05) is 26.7 Å². The highest BCUT2D eigenvalue weighted by atomic mass is 16.5. The van der Waals surface area contributed by atoms with E-state index in [-0.39, 0.29) is 22.7 Å². The molecule has 0 bridgehead atoms. The van der Waals surface area contributed by atoms with Gasteiger partial charge in [0.05, 0.1) is 38.6 Å². The number of methoxy groups -OCH3 is 1. The molecule has 5 rings (SSSR count). The molecule has 13 heteroatoms. The number of anilines is 1. The highest BCUT2D eigenvalue weighted by Gasteiger charge is 2.20. The van der Waals surface area contributed by atoms with E-state index in [4.69, 9.17) is 14.2 Å². The number of nitrogens with one attached hydrogen (secondary N) is 2. The summed E-state index contributed by atoms with van der Waals surface area (Å²) in [6.07, 6.45) is 3.51. The Balaban J connectivity index is 1.39. The SMILES string of the molecule is COc1c(OCCCN2CCOCC2)ccc2c(=O)n(C)c(NC(=O)c3ncnc4[nH]cnc34)nc12. The lowest BCUT2D eigenvalue weighted by Crippen LogP contribution is -2.37. The highest BCUT2D eigenvalue weighted by Crippen LogP contribution is 2.34. The molecule has 0 unspecified atom stereocenters. The fraction of sp³-hybridized carbons (Fsp3) is 0.391. The summed E-state index contributed by atoms with van der Waals surface area (Å²) in [5.41, 5.74) is 0.730. The lowest BCUT2D eigenvalue weighted by atomic mass is 10.2. The summed E-state index contributed by atoms with van der Waals surface area (Å²) in [6, 6.07) is 3.35. The number of rotatable bonds is 8. The number of fused-ring (bicyclic) bond motifs is 2. The van der Waals surface area contributed by atoms with Crippen LogP contribution in [0, 0.1) is 0 Å². The van der Waals surface area contributed by atoms with E-state index in [2.05, 4.69) is 35.1 Å². The average Bonchev–Trinajstić information content (AvgIpc) is 3.39. The minimum atomic E-state index is -0.578. The third-order valence-corrected chi connectivity index (χ3v) is 6.01. The molecule has 1 aromatic carbocycles. The van der Waals surface area contributed by atoms with Gasteiger partial charge in [-0.25, -0.2) is 19.9 Å². The Bertz CT molecular complexity index is 1460. The van der Waals surface area contributed by atoms with E-state index in [0.29, 0.717) is 34.7 Å². The molecule has 1 saturated heterocycles. The standard InChI is InChI=1S/C23H26N8O5/c1-30-22(33)14-4-5-15(36-9-3-6-31-7-10-35-11-8-31)19(34-2)16(14)28-23(30)29-21(32)18-17-20(26-12-24-17)27-13-25-18/h4-5,12-13H,3,6-11H2,1-2H3,(H,28,29,32)(H,24,25,26,27). The van der Waals surface area contributed by atoms with E-state index in [1.807, 2.05) is 0 Å². The monoisotopic (exact) mass is 494 g/mol. The Hall–Kier alpha value is -4.10. The molecule has 1 aliphatic rings. The molecule has 2 N–H and O–H groups in total. The first-order chi connectivity index (χ1) is 17.6. The number of H-pyrrole nitrogens is 1. The summed E-state index contributed by atoms with van der Waals surface area (Å²) in [5, 5.41) is 3.00. The van der Waals surface area contributed by atoms with Crippen molar-refractivity contribution in [2.24, 2.45) is 7.05 Å². The molecular formula is C23H26N8O5. The Morgan fingerprint density at radius 2 is 2.03 bits per heavy atom. The van der Waals surface area contributed by atoms with Crippen molar-refractivity contribution < 1.29 is 19.0 Å². The fourth-order valence-corrected chi connectivity index (χ4v) is 4.10. The number of hydrogen-bond donors (Lipinski definition) is 2. The van der Waals surface area contributed by atoms with Crippen LogP contribution in [-0.4, -0.2) is 86.9 Å². The number of aromatic amines is 1. The zero-order chi connectivity index (χ0) is 25.1. The first-order valence-electron chi connectivity index (χ1n) is 11.5. The van der Waals surface area contributed by atoms with Crippen LogP contribution in [0.3, 0.4) is 0 Å². The number of ether oxygens (including phenoxy) is 3. The second-order valence-electron chi connectivity index (χ2n) is 8.22. The molecule has 1 fully saturated rings. The van der Waals surface area contributed by atoms with E-state index in [1.165, 1.54) is 31.4 Å². The Labute approximate surface area is 205 Å². The number of carbonyl (C=O) groups is 1. The molecular weight excluding hydrogens is 468 g/mol. The molecule has 4 aromatic rings. The molecule has 0 saturated carbocycles. The van der Waals surface area contributed by atoms with Crippen LogP contribution in [0.15, 0.2) is 29.6 Å². The second-order valence-corrected chi connectivity index (χ2v) is 8.22. The van der Waals surface area contributed by atoms with Gasteiger partial charge < -0.3 is 19.2 Å². The summed E-state index contributed by atoms with van der Waals surface area (Å²) < 4.78 is 18.2. The number of benzene rings is 1. The number of amides is 1. The lowest BCUT2D eigenvalue weighted by Gasteiger charge is -2.26. The largest absolute Gasteiger partial charge is 0.491 e. The second kappa shape index (κ2) is 10.3.